The summed E-state index contributed by atoms with van der Waals surface area (Å²) in [6.07, 6.45) is 7.93. The molecule has 1 aliphatic rings. The summed E-state index contributed by atoms with van der Waals surface area (Å²) in [5, 5.41) is 1.14. The van der Waals surface area contributed by atoms with Gasteiger partial charge in [0.1, 0.15) is 5.75 Å². The largest absolute Gasteiger partial charge is 0.478 e. The van der Waals surface area contributed by atoms with Crippen molar-refractivity contribution < 1.29 is 9.47 Å². The number of hydrogen-bond acceptors (Lipinski definition) is 3. The fourth-order valence-electron chi connectivity index (χ4n) is 2.36. The molecule has 1 aromatic heterocycles. The van der Waals surface area contributed by atoms with E-state index in [4.69, 9.17) is 15.9 Å². The van der Waals surface area contributed by atoms with E-state index in [1.54, 1.807) is 0 Å². The zero-order chi connectivity index (χ0) is 13.2. The fourth-order valence-corrected chi connectivity index (χ4v) is 2.36. The molecule has 2 aromatic rings. The first-order valence-electron chi connectivity index (χ1n) is 6.39. The highest BCUT2D eigenvalue weighted by atomic mass is 16.5. The van der Waals surface area contributed by atoms with Crippen molar-refractivity contribution in [2.75, 3.05) is 6.61 Å². The van der Waals surface area contributed by atoms with Gasteiger partial charge in [0.05, 0.1) is 18.7 Å². The summed E-state index contributed by atoms with van der Waals surface area (Å²) in [5.74, 6) is 3.36. The molecule has 1 aromatic carbocycles. The summed E-state index contributed by atoms with van der Waals surface area (Å²) in [7, 11) is 0. The topological polar surface area (TPSA) is 31.4 Å². The first-order chi connectivity index (χ1) is 9.28. The highest BCUT2D eigenvalue weighted by Crippen LogP contribution is 2.28. The zero-order valence-electron chi connectivity index (χ0n) is 10.8. The maximum absolute atomic E-state index is 5.67. The van der Waals surface area contributed by atoms with E-state index in [0.29, 0.717) is 6.61 Å². The Morgan fingerprint density at radius 2 is 2.37 bits per heavy atom. The maximum Gasteiger partial charge on any atom is 0.156 e. The minimum absolute atomic E-state index is 0.228. The van der Waals surface area contributed by atoms with Crippen molar-refractivity contribution in [3.05, 3.63) is 35.5 Å². The highest BCUT2D eigenvalue weighted by Gasteiger charge is 2.14. The molecule has 3 rings (SSSR count). The predicted molar refractivity (Wildman–Crippen MR) is 74.0 cm³/mol. The Morgan fingerprint density at radius 3 is 3.21 bits per heavy atom. The molecular weight excluding hydrogens is 238 g/mol. The van der Waals surface area contributed by atoms with Gasteiger partial charge in [0, 0.05) is 11.6 Å². The molecule has 0 fully saturated rings. The van der Waals surface area contributed by atoms with Crippen LogP contribution in [0.2, 0.25) is 0 Å². The van der Waals surface area contributed by atoms with Gasteiger partial charge < -0.3 is 9.47 Å². The Hall–Kier alpha value is -2.05. The average molecular weight is 253 g/mol. The Balaban J connectivity index is 2.08. The number of nitrogens with zero attached hydrogens (tertiary/aromatic N) is 1. The Labute approximate surface area is 112 Å². The summed E-state index contributed by atoms with van der Waals surface area (Å²) in [5.41, 5.74) is 3.47. The van der Waals surface area contributed by atoms with Crippen LogP contribution in [-0.2, 0) is 17.8 Å². The lowest BCUT2D eigenvalue weighted by Gasteiger charge is -2.18. The molecule has 0 aliphatic carbocycles. The minimum Gasteiger partial charge on any atom is -0.478 e. The number of hydrogen-bond donors (Lipinski definition) is 0. The van der Waals surface area contributed by atoms with Crippen molar-refractivity contribution in [2.45, 2.75) is 26.1 Å². The second-order valence-electron chi connectivity index (χ2n) is 4.67. The molecule has 1 unspecified atom stereocenters. The minimum atomic E-state index is -0.228. The summed E-state index contributed by atoms with van der Waals surface area (Å²) >= 11 is 0. The molecule has 0 N–H and O–H groups in total. The molecular formula is C16H15NO2. The normalized spacial score (nSPS) is 15.6. The van der Waals surface area contributed by atoms with Gasteiger partial charge in [-0.15, -0.1) is 6.42 Å². The molecule has 2 heterocycles. The van der Waals surface area contributed by atoms with Crippen LogP contribution in [-0.4, -0.2) is 17.7 Å². The van der Waals surface area contributed by atoms with Gasteiger partial charge in [-0.3, -0.25) is 4.98 Å². The quantitative estimate of drug-likeness (QED) is 0.771. The molecule has 3 nitrogen and oxygen atoms in total. The van der Waals surface area contributed by atoms with Crippen molar-refractivity contribution in [3.63, 3.8) is 0 Å². The Morgan fingerprint density at radius 1 is 1.47 bits per heavy atom. The fraction of sp³-hybridized carbons (Fsp3) is 0.312. The van der Waals surface area contributed by atoms with Crippen LogP contribution in [0.25, 0.3) is 10.9 Å². The number of fused-ring (bicyclic) bond motifs is 3. The Kier molecular flexibility index (Phi) is 3.10. The third-order valence-electron chi connectivity index (χ3n) is 3.34. The molecule has 0 spiro atoms. The molecule has 3 heteroatoms. The van der Waals surface area contributed by atoms with E-state index in [-0.39, 0.29) is 6.10 Å². The molecule has 0 saturated carbocycles. The summed E-state index contributed by atoms with van der Waals surface area (Å²) in [6.45, 7) is 3.26. The van der Waals surface area contributed by atoms with Crippen LogP contribution in [0.15, 0.2) is 24.4 Å². The van der Waals surface area contributed by atoms with Gasteiger partial charge in [-0.1, -0.05) is 5.92 Å². The van der Waals surface area contributed by atoms with Crippen LogP contribution in [0, 0.1) is 12.3 Å². The molecule has 1 aliphatic heterocycles. The van der Waals surface area contributed by atoms with Gasteiger partial charge in [-0.2, -0.15) is 0 Å². The van der Waals surface area contributed by atoms with E-state index in [1.165, 1.54) is 11.1 Å². The SMILES string of the molecule is C#CC(C)Oc1ccc2ncc3c(c2c1)CCOC3. The molecule has 0 bridgehead atoms. The van der Waals surface area contributed by atoms with E-state index in [2.05, 4.69) is 10.9 Å². The van der Waals surface area contributed by atoms with Crippen LogP contribution in [0.3, 0.4) is 0 Å². The standard InChI is InChI=1S/C16H15NO2/c1-3-11(2)19-13-4-5-16-15(8-13)14-6-7-18-10-12(14)9-17-16/h1,4-5,8-9,11H,6-7,10H2,2H3. The van der Waals surface area contributed by atoms with E-state index >= 15 is 0 Å². The average Bonchev–Trinajstić information content (AvgIpc) is 2.47. The van der Waals surface area contributed by atoms with Crippen LogP contribution in [0.4, 0.5) is 0 Å². The number of aromatic nitrogens is 1. The molecule has 19 heavy (non-hydrogen) atoms. The van der Waals surface area contributed by atoms with Crippen LogP contribution < -0.4 is 4.74 Å². The number of terminal acetylenes is 1. The smallest absolute Gasteiger partial charge is 0.156 e. The van der Waals surface area contributed by atoms with Crippen molar-refractivity contribution >= 4 is 10.9 Å². The molecule has 96 valence electrons. The van der Waals surface area contributed by atoms with Crippen molar-refractivity contribution in [1.29, 1.82) is 0 Å². The van der Waals surface area contributed by atoms with Crippen LogP contribution in [0.1, 0.15) is 18.1 Å². The van der Waals surface area contributed by atoms with Crippen LogP contribution in [0.5, 0.6) is 5.75 Å². The maximum atomic E-state index is 5.67. The van der Waals surface area contributed by atoms with Gasteiger partial charge >= 0.3 is 0 Å². The third-order valence-corrected chi connectivity index (χ3v) is 3.34. The summed E-state index contributed by atoms with van der Waals surface area (Å²) in [4.78, 5) is 4.46. The highest BCUT2D eigenvalue weighted by molar-refractivity contribution is 5.84. The van der Waals surface area contributed by atoms with Gasteiger partial charge in [0.15, 0.2) is 6.10 Å². The molecule has 1 atom stereocenters. The number of ether oxygens (including phenoxy) is 2. The zero-order valence-corrected chi connectivity index (χ0v) is 10.8. The van der Waals surface area contributed by atoms with Gasteiger partial charge in [-0.25, -0.2) is 0 Å². The summed E-state index contributed by atoms with van der Waals surface area (Å²) < 4.78 is 11.1. The predicted octanol–water partition coefficient (Wildman–Crippen LogP) is 2.71. The van der Waals surface area contributed by atoms with Crippen molar-refractivity contribution in [3.8, 4) is 18.1 Å². The molecule has 0 saturated heterocycles. The summed E-state index contributed by atoms with van der Waals surface area (Å²) in [6, 6.07) is 5.92. The second kappa shape index (κ2) is 4.91. The second-order valence-corrected chi connectivity index (χ2v) is 4.67. The lowest BCUT2D eigenvalue weighted by atomic mass is 10.00. The van der Waals surface area contributed by atoms with E-state index in [0.717, 1.165) is 29.7 Å². The lowest BCUT2D eigenvalue weighted by Crippen LogP contribution is -2.11. The van der Waals surface area contributed by atoms with E-state index in [1.807, 2.05) is 31.3 Å². The number of rotatable bonds is 2. The monoisotopic (exact) mass is 253 g/mol. The van der Waals surface area contributed by atoms with Crippen LogP contribution >= 0.6 is 0 Å². The van der Waals surface area contributed by atoms with Crippen molar-refractivity contribution in [1.82, 2.24) is 4.98 Å². The van der Waals surface area contributed by atoms with E-state index in [9.17, 15) is 0 Å². The first kappa shape index (κ1) is 12.0. The van der Waals surface area contributed by atoms with Gasteiger partial charge in [0.2, 0.25) is 0 Å². The third kappa shape index (κ3) is 2.27. The van der Waals surface area contributed by atoms with E-state index < -0.39 is 0 Å². The van der Waals surface area contributed by atoms with Gasteiger partial charge in [0.25, 0.3) is 0 Å². The molecule has 0 radical (unpaired) electrons. The number of pyridine rings is 1. The first-order valence-corrected chi connectivity index (χ1v) is 6.39. The van der Waals surface area contributed by atoms with Crippen molar-refractivity contribution in [2.24, 2.45) is 0 Å². The number of benzene rings is 1. The Bertz CT molecular complexity index is 658. The lowest BCUT2D eigenvalue weighted by molar-refractivity contribution is 0.111. The van der Waals surface area contributed by atoms with Gasteiger partial charge in [-0.05, 0) is 42.7 Å². The molecule has 0 amide bonds.